The molecule has 0 radical (unpaired) electrons. The molecule has 0 aromatic heterocycles. The first-order chi connectivity index (χ1) is 9.31. The molecule has 0 saturated heterocycles. The summed E-state index contributed by atoms with van der Waals surface area (Å²) >= 11 is 11.6. The summed E-state index contributed by atoms with van der Waals surface area (Å²) in [5, 5.41) is 19.3. The molecular weight excluding hydrogens is 303 g/mol. The van der Waals surface area contributed by atoms with Crippen molar-refractivity contribution in [2.45, 2.75) is 0 Å². The number of aromatic hydroxyl groups is 2. The number of carbonyl (C=O) groups excluding carboxylic acids is 1. The van der Waals surface area contributed by atoms with Gasteiger partial charge in [0.2, 0.25) is 0 Å². The number of ketones is 1. The summed E-state index contributed by atoms with van der Waals surface area (Å²) in [6.45, 7) is 0. The molecule has 20 heavy (non-hydrogen) atoms. The van der Waals surface area contributed by atoms with Gasteiger partial charge in [-0.05, 0) is 24.3 Å². The molecule has 5 nitrogen and oxygen atoms in total. The molecule has 0 spiro atoms. The maximum atomic E-state index is 12.3. The smallest absolute Gasteiger partial charge is 0.193 e. The van der Waals surface area contributed by atoms with Crippen LogP contribution in [0.5, 0.6) is 11.5 Å². The second-order valence-electron chi connectivity index (χ2n) is 4.11. The number of halogens is 2. The molecule has 0 aliphatic rings. The molecule has 0 heterocycles. The van der Waals surface area contributed by atoms with Gasteiger partial charge in [-0.1, -0.05) is 23.2 Å². The Balaban J connectivity index is 2.52. The highest BCUT2D eigenvalue weighted by Gasteiger charge is 2.16. The van der Waals surface area contributed by atoms with Gasteiger partial charge in [-0.15, -0.1) is 0 Å². The summed E-state index contributed by atoms with van der Waals surface area (Å²) in [5.74, 6) is -1.09. The average molecular weight is 313 g/mol. The van der Waals surface area contributed by atoms with Gasteiger partial charge < -0.3 is 21.7 Å². The Kier molecular flexibility index (Phi) is 3.65. The molecule has 0 aliphatic carbocycles. The number of carbonyl (C=O) groups is 1. The Bertz CT molecular complexity index is 611. The third kappa shape index (κ3) is 2.45. The molecule has 2 aromatic rings. The van der Waals surface area contributed by atoms with E-state index in [2.05, 4.69) is 0 Å². The number of nitrogen functional groups attached to an aromatic ring is 2. The van der Waals surface area contributed by atoms with Gasteiger partial charge >= 0.3 is 0 Å². The highest BCUT2D eigenvalue weighted by atomic mass is 35.5. The molecule has 7 heteroatoms. The lowest BCUT2D eigenvalue weighted by atomic mass is 10.0. The molecule has 6 N–H and O–H groups in total. The molecule has 104 valence electrons. The van der Waals surface area contributed by atoms with Gasteiger partial charge in [0, 0.05) is 11.1 Å². The van der Waals surface area contributed by atoms with Crippen LogP contribution in [-0.4, -0.2) is 16.0 Å². The van der Waals surface area contributed by atoms with E-state index < -0.39 is 5.78 Å². The first kappa shape index (κ1) is 14.3. The number of hydrogen-bond acceptors (Lipinski definition) is 5. The van der Waals surface area contributed by atoms with Crippen molar-refractivity contribution in [1.29, 1.82) is 0 Å². The van der Waals surface area contributed by atoms with Crippen molar-refractivity contribution in [3.05, 3.63) is 45.4 Å². The van der Waals surface area contributed by atoms with Crippen LogP contribution in [0.1, 0.15) is 15.9 Å². The van der Waals surface area contributed by atoms with Crippen LogP contribution in [0, 0.1) is 0 Å². The molecule has 0 aliphatic heterocycles. The zero-order valence-electron chi connectivity index (χ0n) is 10.0. The molecular formula is C13H10Cl2N2O3. The van der Waals surface area contributed by atoms with Gasteiger partial charge in [0.05, 0.1) is 21.4 Å². The molecule has 0 bridgehead atoms. The van der Waals surface area contributed by atoms with Crippen molar-refractivity contribution in [3.63, 3.8) is 0 Å². The molecule has 0 unspecified atom stereocenters. The summed E-state index contributed by atoms with van der Waals surface area (Å²) in [6.07, 6.45) is 0. The van der Waals surface area contributed by atoms with E-state index in [-0.39, 0.29) is 44.0 Å². The van der Waals surface area contributed by atoms with Crippen LogP contribution in [0.4, 0.5) is 11.4 Å². The number of phenols is 2. The van der Waals surface area contributed by atoms with Gasteiger partial charge in [0.25, 0.3) is 0 Å². The number of benzene rings is 2. The summed E-state index contributed by atoms with van der Waals surface area (Å²) in [5.41, 5.74) is 11.2. The molecule has 0 fully saturated rings. The van der Waals surface area contributed by atoms with Gasteiger partial charge in [-0.25, -0.2) is 0 Å². The molecule has 0 saturated carbocycles. The Morgan fingerprint density at radius 2 is 1.20 bits per heavy atom. The van der Waals surface area contributed by atoms with Crippen molar-refractivity contribution in [1.82, 2.24) is 0 Å². The minimum Gasteiger partial charge on any atom is -0.506 e. The Labute approximate surface area is 124 Å². The molecule has 2 rings (SSSR count). The first-order valence-corrected chi connectivity index (χ1v) is 6.17. The normalized spacial score (nSPS) is 10.5. The summed E-state index contributed by atoms with van der Waals surface area (Å²) in [6, 6.07) is 5.01. The Morgan fingerprint density at radius 1 is 0.850 bits per heavy atom. The van der Waals surface area contributed by atoms with E-state index in [1.54, 1.807) is 0 Å². The predicted octanol–water partition coefficient (Wildman–Crippen LogP) is 2.80. The van der Waals surface area contributed by atoms with E-state index in [0.29, 0.717) is 0 Å². The third-order valence-corrected chi connectivity index (χ3v) is 3.37. The molecule has 2 aromatic carbocycles. The Hall–Kier alpha value is -2.11. The van der Waals surface area contributed by atoms with Crippen LogP contribution < -0.4 is 11.5 Å². The minimum absolute atomic E-state index is 0.0126. The predicted molar refractivity (Wildman–Crippen MR) is 78.5 cm³/mol. The van der Waals surface area contributed by atoms with Gasteiger partial charge in [0.15, 0.2) is 5.78 Å². The number of nitrogens with two attached hydrogens (primary N) is 2. The highest BCUT2D eigenvalue weighted by molar-refractivity contribution is 6.35. The third-order valence-electron chi connectivity index (χ3n) is 2.74. The van der Waals surface area contributed by atoms with Crippen LogP contribution in [0.3, 0.4) is 0 Å². The fourth-order valence-electron chi connectivity index (χ4n) is 1.64. The van der Waals surface area contributed by atoms with E-state index in [1.807, 2.05) is 0 Å². The van der Waals surface area contributed by atoms with Gasteiger partial charge in [-0.2, -0.15) is 0 Å². The Morgan fingerprint density at radius 3 is 1.50 bits per heavy atom. The average Bonchev–Trinajstić information content (AvgIpc) is 2.40. The van der Waals surface area contributed by atoms with Crippen LogP contribution in [-0.2, 0) is 0 Å². The van der Waals surface area contributed by atoms with Gasteiger partial charge in [0.1, 0.15) is 11.5 Å². The van der Waals surface area contributed by atoms with Crippen LogP contribution in [0.2, 0.25) is 10.0 Å². The zero-order valence-corrected chi connectivity index (χ0v) is 11.5. The van der Waals surface area contributed by atoms with Crippen LogP contribution in [0.25, 0.3) is 0 Å². The number of phenolic OH excluding ortho intramolecular Hbond substituents is 2. The van der Waals surface area contributed by atoms with Gasteiger partial charge in [-0.3, -0.25) is 4.79 Å². The lowest BCUT2D eigenvalue weighted by Crippen LogP contribution is -2.03. The van der Waals surface area contributed by atoms with E-state index >= 15 is 0 Å². The number of anilines is 2. The number of rotatable bonds is 2. The lowest BCUT2D eigenvalue weighted by molar-refractivity contribution is 0.103. The fraction of sp³-hybridized carbons (Fsp3) is 0. The maximum absolute atomic E-state index is 12.3. The lowest BCUT2D eigenvalue weighted by Gasteiger charge is -2.08. The summed E-state index contributed by atoms with van der Waals surface area (Å²) in [7, 11) is 0. The standard InChI is InChI=1S/C13H10Cl2N2O3/c14-7-1-5(3-9(18)11(7)16)13(20)6-2-8(15)12(17)10(19)4-6/h1-4,18-19H,16-17H2. The maximum Gasteiger partial charge on any atom is 0.193 e. The minimum atomic E-state index is -0.487. The summed E-state index contributed by atoms with van der Waals surface area (Å²) < 4.78 is 0. The zero-order chi connectivity index (χ0) is 15.0. The molecule has 0 amide bonds. The first-order valence-electron chi connectivity index (χ1n) is 5.42. The second kappa shape index (κ2) is 5.11. The van der Waals surface area contributed by atoms with E-state index in [4.69, 9.17) is 34.7 Å². The van der Waals surface area contributed by atoms with Crippen molar-refractivity contribution in [2.75, 3.05) is 11.5 Å². The van der Waals surface area contributed by atoms with Crippen molar-refractivity contribution in [3.8, 4) is 11.5 Å². The quantitative estimate of drug-likeness (QED) is 0.387. The van der Waals surface area contributed by atoms with E-state index in [0.717, 1.165) is 0 Å². The van der Waals surface area contributed by atoms with E-state index in [9.17, 15) is 15.0 Å². The van der Waals surface area contributed by atoms with Crippen LogP contribution in [0.15, 0.2) is 24.3 Å². The summed E-state index contributed by atoms with van der Waals surface area (Å²) in [4.78, 5) is 12.3. The van der Waals surface area contributed by atoms with Crippen molar-refractivity contribution in [2.24, 2.45) is 0 Å². The fourth-order valence-corrected chi connectivity index (χ4v) is 2.06. The highest BCUT2D eigenvalue weighted by Crippen LogP contribution is 2.33. The van der Waals surface area contributed by atoms with Crippen LogP contribution >= 0.6 is 23.2 Å². The van der Waals surface area contributed by atoms with Crippen molar-refractivity contribution < 1.29 is 15.0 Å². The number of hydrogen-bond donors (Lipinski definition) is 4. The SMILES string of the molecule is Nc1c(O)cc(C(=O)c2cc(O)c(N)c(Cl)c2)cc1Cl. The second-order valence-corrected chi connectivity index (χ2v) is 4.93. The molecule has 0 atom stereocenters. The monoisotopic (exact) mass is 312 g/mol. The largest absolute Gasteiger partial charge is 0.506 e. The topological polar surface area (TPSA) is 110 Å². The van der Waals surface area contributed by atoms with E-state index in [1.165, 1.54) is 24.3 Å². The van der Waals surface area contributed by atoms with Crippen molar-refractivity contribution >= 4 is 40.4 Å².